The number of carbonyl (C=O) groups is 1. The molecule has 0 saturated heterocycles. The van der Waals surface area contributed by atoms with Gasteiger partial charge in [0.15, 0.2) is 12.4 Å². The molecule has 0 radical (unpaired) electrons. The van der Waals surface area contributed by atoms with Gasteiger partial charge in [0, 0.05) is 35.1 Å². The molecule has 5 rings (SSSR count). The maximum absolute atomic E-state index is 12.1. The van der Waals surface area contributed by atoms with Crippen LogP contribution in [-0.2, 0) is 4.79 Å². The van der Waals surface area contributed by atoms with Gasteiger partial charge in [-0.05, 0) is 56.6 Å². The number of ether oxygens (including phenoxy) is 1. The average molecular weight is 512 g/mol. The van der Waals surface area contributed by atoms with E-state index in [2.05, 4.69) is 20.8 Å². The first-order chi connectivity index (χ1) is 18.5. The van der Waals surface area contributed by atoms with Gasteiger partial charge in [-0.3, -0.25) is 9.89 Å². The second kappa shape index (κ2) is 12.6. The quantitative estimate of drug-likeness (QED) is 0.256. The highest BCUT2D eigenvalue weighted by atomic mass is 16.5. The maximum Gasteiger partial charge on any atom is 0.257 e. The van der Waals surface area contributed by atoms with Crippen LogP contribution in [0.4, 0.5) is 11.5 Å². The van der Waals surface area contributed by atoms with Gasteiger partial charge in [0.05, 0.1) is 17.2 Å². The summed E-state index contributed by atoms with van der Waals surface area (Å²) >= 11 is 0. The van der Waals surface area contributed by atoms with Gasteiger partial charge in [-0.25, -0.2) is 9.97 Å². The first-order valence-corrected chi connectivity index (χ1v) is 12.7. The monoisotopic (exact) mass is 511 g/mol. The SMILES string of the molecule is CC.CN(C)CCNC(=O)COc1cccc(-c2nc(Nc3ccc4[nH]ncc4c3)c3ccccc3n2)c1. The number of nitrogens with one attached hydrogen (secondary N) is 3. The van der Waals surface area contributed by atoms with E-state index < -0.39 is 0 Å². The molecular formula is C29H33N7O2. The van der Waals surface area contributed by atoms with E-state index in [1.54, 1.807) is 6.20 Å². The summed E-state index contributed by atoms with van der Waals surface area (Å²) in [5.41, 5.74) is 3.48. The van der Waals surface area contributed by atoms with Crippen molar-refractivity contribution in [2.24, 2.45) is 0 Å². The molecule has 2 heterocycles. The summed E-state index contributed by atoms with van der Waals surface area (Å²) < 4.78 is 5.73. The molecule has 38 heavy (non-hydrogen) atoms. The van der Waals surface area contributed by atoms with E-state index in [4.69, 9.17) is 14.7 Å². The van der Waals surface area contributed by atoms with E-state index in [-0.39, 0.29) is 12.5 Å². The van der Waals surface area contributed by atoms with Gasteiger partial charge >= 0.3 is 0 Å². The van der Waals surface area contributed by atoms with Crippen LogP contribution in [0.5, 0.6) is 5.75 Å². The highest BCUT2D eigenvalue weighted by Crippen LogP contribution is 2.29. The third-order valence-corrected chi connectivity index (χ3v) is 5.65. The van der Waals surface area contributed by atoms with Crippen LogP contribution in [0.3, 0.4) is 0 Å². The van der Waals surface area contributed by atoms with Crippen molar-refractivity contribution in [1.29, 1.82) is 0 Å². The molecule has 0 aliphatic heterocycles. The van der Waals surface area contributed by atoms with Crippen molar-refractivity contribution in [3.8, 4) is 17.1 Å². The highest BCUT2D eigenvalue weighted by molar-refractivity contribution is 5.93. The minimum Gasteiger partial charge on any atom is -0.484 e. The molecule has 0 aliphatic rings. The zero-order chi connectivity index (χ0) is 26.9. The third kappa shape index (κ3) is 6.63. The molecule has 0 fully saturated rings. The van der Waals surface area contributed by atoms with Crippen LogP contribution in [0.25, 0.3) is 33.2 Å². The molecule has 9 nitrogen and oxygen atoms in total. The molecule has 3 aromatic carbocycles. The Kier molecular flexibility index (Phi) is 8.84. The summed E-state index contributed by atoms with van der Waals surface area (Å²) in [6.45, 7) is 5.29. The Balaban J connectivity index is 0.00000164. The number of likely N-dealkylation sites (N-methyl/N-ethyl adjacent to an activating group) is 1. The van der Waals surface area contributed by atoms with Crippen molar-refractivity contribution in [3.05, 3.63) is 72.9 Å². The number of aromatic nitrogens is 4. The van der Waals surface area contributed by atoms with Gasteiger partial charge in [-0.1, -0.05) is 38.1 Å². The largest absolute Gasteiger partial charge is 0.484 e. The first-order valence-electron chi connectivity index (χ1n) is 12.7. The van der Waals surface area contributed by atoms with E-state index in [0.29, 0.717) is 23.9 Å². The van der Waals surface area contributed by atoms with Gasteiger partial charge < -0.3 is 20.3 Å². The summed E-state index contributed by atoms with van der Waals surface area (Å²) in [7, 11) is 3.92. The molecule has 3 N–H and O–H groups in total. The van der Waals surface area contributed by atoms with Crippen molar-refractivity contribution in [3.63, 3.8) is 0 Å². The zero-order valence-corrected chi connectivity index (χ0v) is 22.2. The predicted molar refractivity (Wildman–Crippen MR) is 153 cm³/mol. The Labute approximate surface area is 222 Å². The first kappa shape index (κ1) is 26.6. The number of rotatable bonds is 9. The third-order valence-electron chi connectivity index (χ3n) is 5.65. The van der Waals surface area contributed by atoms with E-state index in [0.717, 1.165) is 39.6 Å². The number of fused-ring (bicyclic) bond motifs is 2. The number of para-hydroxylation sites is 1. The van der Waals surface area contributed by atoms with E-state index in [1.807, 2.05) is 99.6 Å². The summed E-state index contributed by atoms with van der Waals surface area (Å²) in [6, 6.07) is 21.3. The molecule has 196 valence electrons. The second-order valence-corrected chi connectivity index (χ2v) is 8.68. The van der Waals surface area contributed by atoms with E-state index >= 15 is 0 Å². The summed E-state index contributed by atoms with van der Waals surface area (Å²) in [5, 5.41) is 15.3. The van der Waals surface area contributed by atoms with Crippen LogP contribution < -0.4 is 15.4 Å². The normalized spacial score (nSPS) is 10.8. The molecule has 0 atom stereocenters. The van der Waals surface area contributed by atoms with Gasteiger partial charge in [-0.15, -0.1) is 0 Å². The molecule has 0 unspecified atom stereocenters. The maximum atomic E-state index is 12.1. The number of aromatic amines is 1. The fourth-order valence-electron chi connectivity index (χ4n) is 3.80. The predicted octanol–water partition coefficient (Wildman–Crippen LogP) is 5.00. The number of anilines is 2. The van der Waals surface area contributed by atoms with Gasteiger partial charge in [0.2, 0.25) is 0 Å². The number of nitrogens with zero attached hydrogens (tertiary/aromatic N) is 4. The number of carbonyl (C=O) groups excluding carboxylic acids is 1. The minimum absolute atomic E-state index is 0.0568. The average Bonchev–Trinajstić information content (AvgIpc) is 3.41. The van der Waals surface area contributed by atoms with Crippen molar-refractivity contribution in [2.45, 2.75) is 13.8 Å². The Hall–Kier alpha value is -4.50. The fourth-order valence-corrected chi connectivity index (χ4v) is 3.80. The lowest BCUT2D eigenvalue weighted by atomic mass is 10.1. The van der Waals surface area contributed by atoms with Crippen LogP contribution >= 0.6 is 0 Å². The number of benzene rings is 3. The fraction of sp³-hybridized carbons (Fsp3) is 0.241. The number of hydrogen-bond donors (Lipinski definition) is 3. The molecule has 9 heteroatoms. The molecule has 0 saturated carbocycles. The highest BCUT2D eigenvalue weighted by Gasteiger charge is 2.12. The Morgan fingerprint density at radius 1 is 1.00 bits per heavy atom. The topological polar surface area (TPSA) is 108 Å². The number of H-pyrrole nitrogens is 1. The Bertz CT molecular complexity index is 1510. The van der Waals surface area contributed by atoms with Crippen LogP contribution in [0, 0.1) is 0 Å². The minimum atomic E-state index is -0.162. The lowest BCUT2D eigenvalue weighted by Gasteiger charge is -2.13. The molecule has 0 spiro atoms. The van der Waals surface area contributed by atoms with Crippen LogP contribution in [0.1, 0.15) is 13.8 Å². The molecule has 0 aliphatic carbocycles. The number of hydrogen-bond acceptors (Lipinski definition) is 7. The smallest absolute Gasteiger partial charge is 0.257 e. The van der Waals surface area contributed by atoms with Gasteiger partial charge in [0.25, 0.3) is 5.91 Å². The van der Waals surface area contributed by atoms with Crippen molar-refractivity contribution in [2.75, 3.05) is 39.1 Å². The summed E-state index contributed by atoms with van der Waals surface area (Å²) in [4.78, 5) is 23.7. The lowest BCUT2D eigenvalue weighted by molar-refractivity contribution is -0.123. The van der Waals surface area contributed by atoms with Gasteiger partial charge in [-0.2, -0.15) is 5.10 Å². The summed E-state index contributed by atoms with van der Waals surface area (Å²) in [6.07, 6.45) is 1.79. The molecule has 5 aromatic rings. The molecule has 1 amide bonds. The van der Waals surface area contributed by atoms with Crippen LogP contribution in [0.15, 0.2) is 72.9 Å². The van der Waals surface area contributed by atoms with E-state index in [1.165, 1.54) is 0 Å². The van der Waals surface area contributed by atoms with E-state index in [9.17, 15) is 4.79 Å². The Morgan fingerprint density at radius 2 is 1.84 bits per heavy atom. The van der Waals surface area contributed by atoms with Crippen LogP contribution in [0.2, 0.25) is 0 Å². The number of amides is 1. The molecular weight excluding hydrogens is 478 g/mol. The van der Waals surface area contributed by atoms with Crippen LogP contribution in [-0.4, -0.2) is 64.8 Å². The van der Waals surface area contributed by atoms with Crippen molar-refractivity contribution >= 4 is 39.2 Å². The standard InChI is InChI=1S/C27H27N7O2.C2H6/c1-34(2)13-12-28-25(35)17-36-21-7-5-6-18(15-21)26-31-24-9-4-3-8-22(24)27(32-26)30-20-10-11-23-19(14-20)16-29-33-23;1-2/h3-11,14-16H,12-13,17H2,1-2H3,(H,28,35)(H,29,33)(H,30,31,32);1-2H3. The molecule has 0 bridgehead atoms. The second-order valence-electron chi connectivity index (χ2n) is 8.68. The Morgan fingerprint density at radius 3 is 2.68 bits per heavy atom. The van der Waals surface area contributed by atoms with Gasteiger partial charge in [0.1, 0.15) is 11.6 Å². The van der Waals surface area contributed by atoms with Crippen molar-refractivity contribution in [1.82, 2.24) is 30.4 Å². The zero-order valence-electron chi connectivity index (χ0n) is 22.2. The summed E-state index contributed by atoms with van der Waals surface area (Å²) in [5.74, 6) is 1.67. The van der Waals surface area contributed by atoms with Crippen molar-refractivity contribution < 1.29 is 9.53 Å². The molecule has 2 aromatic heterocycles. The lowest BCUT2D eigenvalue weighted by Crippen LogP contribution is -2.34.